The fourth-order valence-corrected chi connectivity index (χ4v) is 3.31. The van der Waals surface area contributed by atoms with Gasteiger partial charge in [0.1, 0.15) is 5.82 Å². The van der Waals surface area contributed by atoms with E-state index in [0.29, 0.717) is 0 Å². The van der Waals surface area contributed by atoms with Gasteiger partial charge in [-0.2, -0.15) is 0 Å². The van der Waals surface area contributed by atoms with Crippen molar-refractivity contribution in [2.24, 2.45) is 0 Å². The van der Waals surface area contributed by atoms with E-state index in [-0.39, 0.29) is 17.9 Å². The monoisotopic (exact) mass is 334 g/mol. The Labute approximate surface area is 126 Å². The number of halogens is 2. The second-order valence-electron chi connectivity index (χ2n) is 5.22. The maximum absolute atomic E-state index is 13.9. The van der Waals surface area contributed by atoms with Crippen molar-refractivity contribution < 1.29 is 4.39 Å². The molecule has 3 rings (SSSR count). The Kier molecular flexibility index (Phi) is 3.85. The number of benzene rings is 1. The summed E-state index contributed by atoms with van der Waals surface area (Å²) in [5.41, 5.74) is 3.13. The average Bonchev–Trinajstić information content (AvgIpc) is 2.83. The van der Waals surface area contributed by atoms with Gasteiger partial charge < -0.3 is 5.32 Å². The number of nitrogens with one attached hydrogen (secondary N) is 1. The van der Waals surface area contributed by atoms with Crippen molar-refractivity contribution in [3.8, 4) is 0 Å². The molecule has 0 spiro atoms. The van der Waals surface area contributed by atoms with Crippen LogP contribution in [-0.2, 0) is 6.42 Å². The summed E-state index contributed by atoms with van der Waals surface area (Å²) in [6, 6.07) is 8.02. The fourth-order valence-electron chi connectivity index (χ4n) is 2.87. The lowest BCUT2D eigenvalue weighted by molar-refractivity contribution is 0.464. The second-order valence-corrected chi connectivity index (χ2v) is 6.13. The summed E-state index contributed by atoms with van der Waals surface area (Å²) >= 11 is 3.38. The van der Waals surface area contributed by atoms with Gasteiger partial charge in [0.2, 0.25) is 0 Å². The molecule has 1 heterocycles. The highest BCUT2D eigenvalue weighted by molar-refractivity contribution is 9.10. The number of hydrogen-bond donors (Lipinski definition) is 1. The summed E-state index contributed by atoms with van der Waals surface area (Å²) in [7, 11) is 0. The predicted octanol–water partition coefficient (Wildman–Crippen LogP) is 4.32. The van der Waals surface area contributed by atoms with Gasteiger partial charge in [-0.15, -0.1) is 0 Å². The zero-order valence-electron chi connectivity index (χ0n) is 11.2. The van der Waals surface area contributed by atoms with Gasteiger partial charge in [-0.25, -0.2) is 4.39 Å². The minimum atomic E-state index is -0.102. The van der Waals surface area contributed by atoms with Gasteiger partial charge in [-0.05, 0) is 60.7 Å². The van der Waals surface area contributed by atoms with E-state index in [2.05, 4.69) is 33.2 Å². The van der Waals surface area contributed by atoms with Gasteiger partial charge in [0, 0.05) is 29.0 Å². The molecule has 0 amide bonds. The number of aromatic nitrogens is 1. The molecule has 0 saturated carbocycles. The third-order valence-electron chi connectivity index (χ3n) is 3.91. The second kappa shape index (κ2) is 5.62. The Morgan fingerprint density at radius 2 is 2.10 bits per heavy atom. The molecular formula is C16H16BrFN2. The third-order valence-corrected chi connectivity index (χ3v) is 4.37. The van der Waals surface area contributed by atoms with Crippen LogP contribution in [0.1, 0.15) is 42.1 Å². The number of hydrogen-bond acceptors (Lipinski definition) is 2. The molecule has 0 aliphatic heterocycles. The van der Waals surface area contributed by atoms with Gasteiger partial charge in [0.25, 0.3) is 0 Å². The predicted molar refractivity (Wildman–Crippen MR) is 80.9 cm³/mol. The minimum Gasteiger partial charge on any atom is -0.303 e. The summed E-state index contributed by atoms with van der Waals surface area (Å²) in [6.45, 7) is 2.13. The van der Waals surface area contributed by atoms with Crippen molar-refractivity contribution in [2.45, 2.75) is 31.8 Å². The highest BCUT2D eigenvalue weighted by atomic mass is 79.9. The van der Waals surface area contributed by atoms with E-state index in [1.54, 1.807) is 18.5 Å². The Balaban J connectivity index is 1.82. The summed E-state index contributed by atoms with van der Waals surface area (Å²) in [5, 5.41) is 3.59. The molecule has 0 radical (unpaired) electrons. The molecular weight excluding hydrogens is 319 g/mol. The van der Waals surface area contributed by atoms with E-state index in [4.69, 9.17) is 0 Å². The quantitative estimate of drug-likeness (QED) is 0.904. The molecule has 2 atom stereocenters. The summed E-state index contributed by atoms with van der Waals surface area (Å²) in [4.78, 5) is 4.04. The largest absolute Gasteiger partial charge is 0.303 e. The van der Waals surface area contributed by atoms with Crippen LogP contribution in [-0.4, -0.2) is 4.98 Å². The average molecular weight is 335 g/mol. The lowest BCUT2D eigenvalue weighted by Gasteiger charge is -2.21. The Bertz CT molecular complexity index is 615. The Hall–Kier alpha value is -1.26. The van der Waals surface area contributed by atoms with Crippen LogP contribution >= 0.6 is 15.9 Å². The first kappa shape index (κ1) is 13.7. The summed E-state index contributed by atoms with van der Waals surface area (Å²) in [6.07, 6.45) is 5.34. The maximum Gasteiger partial charge on any atom is 0.127 e. The molecule has 4 heteroatoms. The first-order valence-corrected chi connectivity index (χ1v) is 7.58. The molecule has 0 bridgehead atoms. The van der Waals surface area contributed by atoms with E-state index in [9.17, 15) is 4.39 Å². The third kappa shape index (κ3) is 2.63. The van der Waals surface area contributed by atoms with Crippen molar-refractivity contribution in [1.82, 2.24) is 10.3 Å². The van der Waals surface area contributed by atoms with Gasteiger partial charge in [0.15, 0.2) is 0 Å². The van der Waals surface area contributed by atoms with Crippen molar-refractivity contribution >= 4 is 15.9 Å². The van der Waals surface area contributed by atoms with Crippen LogP contribution in [0.4, 0.5) is 4.39 Å². The number of fused-ring (bicyclic) bond motifs is 1. The topological polar surface area (TPSA) is 24.9 Å². The molecule has 104 valence electrons. The minimum absolute atomic E-state index is 0.102. The zero-order valence-corrected chi connectivity index (χ0v) is 12.8. The Morgan fingerprint density at radius 3 is 2.85 bits per heavy atom. The van der Waals surface area contributed by atoms with Gasteiger partial charge in [-0.3, -0.25) is 4.98 Å². The van der Waals surface area contributed by atoms with Crippen LogP contribution in [0.15, 0.2) is 41.1 Å². The lowest BCUT2D eigenvalue weighted by Crippen LogP contribution is -2.23. The molecule has 1 aliphatic carbocycles. The first-order valence-electron chi connectivity index (χ1n) is 6.79. The summed E-state index contributed by atoms with van der Waals surface area (Å²) < 4.78 is 14.7. The van der Waals surface area contributed by atoms with Crippen molar-refractivity contribution in [3.05, 3.63) is 63.6 Å². The molecule has 0 unspecified atom stereocenters. The molecule has 1 aromatic heterocycles. The molecule has 20 heavy (non-hydrogen) atoms. The van der Waals surface area contributed by atoms with Crippen molar-refractivity contribution in [3.63, 3.8) is 0 Å². The van der Waals surface area contributed by atoms with E-state index >= 15 is 0 Å². The SMILES string of the molecule is C[C@@H](N[C@@H]1CCc2c(F)cc(Br)cc21)c1ccncc1. The smallest absolute Gasteiger partial charge is 0.127 e. The van der Waals surface area contributed by atoms with E-state index in [1.807, 2.05) is 18.2 Å². The van der Waals surface area contributed by atoms with Crippen molar-refractivity contribution in [1.29, 1.82) is 0 Å². The standard InChI is InChI=1S/C16H16BrFN2/c1-10(11-4-6-19-7-5-11)20-16-3-2-13-14(16)8-12(17)9-15(13)18/h4-10,16,20H,2-3H2,1H3/t10-,16-/m1/s1. The van der Waals surface area contributed by atoms with Gasteiger partial charge >= 0.3 is 0 Å². The normalized spacial score (nSPS) is 18.9. The molecule has 2 aromatic rings. The molecule has 2 nitrogen and oxygen atoms in total. The molecule has 0 saturated heterocycles. The molecule has 0 fully saturated rings. The van der Waals surface area contributed by atoms with E-state index < -0.39 is 0 Å². The molecule has 1 aromatic carbocycles. The van der Waals surface area contributed by atoms with E-state index in [0.717, 1.165) is 28.4 Å². The zero-order chi connectivity index (χ0) is 14.1. The first-order chi connectivity index (χ1) is 9.65. The highest BCUT2D eigenvalue weighted by Crippen LogP contribution is 2.36. The van der Waals surface area contributed by atoms with Crippen LogP contribution in [0.5, 0.6) is 0 Å². The van der Waals surface area contributed by atoms with Gasteiger partial charge in [0.05, 0.1) is 0 Å². The van der Waals surface area contributed by atoms with Crippen molar-refractivity contribution in [2.75, 3.05) is 0 Å². The van der Waals surface area contributed by atoms with Crippen LogP contribution in [0.25, 0.3) is 0 Å². The van der Waals surface area contributed by atoms with Crippen LogP contribution in [0, 0.1) is 5.82 Å². The Morgan fingerprint density at radius 1 is 1.35 bits per heavy atom. The van der Waals surface area contributed by atoms with Crippen LogP contribution < -0.4 is 5.32 Å². The summed E-state index contributed by atoms with van der Waals surface area (Å²) in [5.74, 6) is -0.102. The number of pyridine rings is 1. The lowest BCUT2D eigenvalue weighted by atomic mass is 10.0. The number of rotatable bonds is 3. The number of nitrogens with zero attached hydrogens (tertiary/aromatic N) is 1. The van der Waals surface area contributed by atoms with Crippen LogP contribution in [0.3, 0.4) is 0 Å². The maximum atomic E-state index is 13.9. The van der Waals surface area contributed by atoms with Gasteiger partial charge in [-0.1, -0.05) is 15.9 Å². The van der Waals surface area contributed by atoms with E-state index in [1.165, 1.54) is 5.56 Å². The fraction of sp³-hybridized carbons (Fsp3) is 0.312. The molecule has 1 aliphatic rings. The highest BCUT2D eigenvalue weighted by Gasteiger charge is 2.26. The molecule has 1 N–H and O–H groups in total. The van der Waals surface area contributed by atoms with Crippen LogP contribution in [0.2, 0.25) is 0 Å².